The molecule has 1 aliphatic rings. The summed E-state index contributed by atoms with van der Waals surface area (Å²) >= 11 is 0. The van der Waals surface area contributed by atoms with Gasteiger partial charge in [0.2, 0.25) is 5.65 Å². The van der Waals surface area contributed by atoms with Crippen LogP contribution in [0.15, 0.2) is 51.9 Å². The maximum absolute atomic E-state index is 12.8. The van der Waals surface area contributed by atoms with E-state index < -0.39 is 10.5 Å². The second-order valence-electron chi connectivity index (χ2n) is 8.56. The van der Waals surface area contributed by atoms with Gasteiger partial charge in [-0.05, 0) is 44.5 Å². The van der Waals surface area contributed by atoms with E-state index in [2.05, 4.69) is 29.0 Å². The Morgan fingerprint density at radius 1 is 1.16 bits per heavy atom. The van der Waals surface area contributed by atoms with Gasteiger partial charge < -0.3 is 19.0 Å². The summed E-state index contributed by atoms with van der Waals surface area (Å²) < 4.78 is 7.22. The molecule has 0 unspecified atom stereocenters. The Morgan fingerprint density at radius 2 is 1.91 bits per heavy atom. The maximum atomic E-state index is 12.8. The number of rotatable bonds is 3. The molecule has 5 rings (SSSR count). The molecule has 4 aromatic rings. The average Bonchev–Trinajstić information content (AvgIpc) is 3.14. The van der Waals surface area contributed by atoms with E-state index in [-0.39, 0.29) is 16.9 Å². The molecule has 0 aliphatic carbocycles. The number of hydrogen-bond donors (Lipinski definition) is 1. The number of anilines is 1. The summed E-state index contributed by atoms with van der Waals surface area (Å²) in [5.41, 5.74) is 2.39. The van der Waals surface area contributed by atoms with Crippen molar-refractivity contribution in [1.29, 1.82) is 0 Å². The number of benzene rings is 1. The average molecular weight is 433 g/mol. The summed E-state index contributed by atoms with van der Waals surface area (Å²) in [5, 5.41) is 15.7. The molecule has 9 heteroatoms. The van der Waals surface area contributed by atoms with Crippen molar-refractivity contribution in [3.05, 3.63) is 68.8 Å². The van der Waals surface area contributed by atoms with E-state index >= 15 is 0 Å². The van der Waals surface area contributed by atoms with Crippen molar-refractivity contribution < 1.29 is 9.34 Å². The summed E-state index contributed by atoms with van der Waals surface area (Å²) in [7, 11) is 0. The van der Waals surface area contributed by atoms with Gasteiger partial charge in [0.25, 0.3) is 0 Å². The number of nitrogens with one attached hydrogen (secondary N) is 1. The van der Waals surface area contributed by atoms with Gasteiger partial charge in [0.15, 0.2) is 0 Å². The number of pyridine rings is 1. The standard InChI is InChI=1S/C23H23N5O4/c1-13-6-20(28(30)31)22-25-19(12-27(22)9-13)18-7-16-4-5-17(8-21(16)32-23(18)29)26-10-14(2)24-15(3)11-26/h4-9,12,14-15,24H,10-11H2,1-3H3/t14-,15+. The first-order valence-corrected chi connectivity index (χ1v) is 10.5. The lowest BCUT2D eigenvalue weighted by Crippen LogP contribution is -2.54. The van der Waals surface area contributed by atoms with Crippen LogP contribution < -0.4 is 15.8 Å². The first-order valence-electron chi connectivity index (χ1n) is 10.5. The molecular weight excluding hydrogens is 410 g/mol. The number of aromatic nitrogens is 2. The Bertz CT molecular complexity index is 1410. The normalized spacial score (nSPS) is 19.0. The van der Waals surface area contributed by atoms with E-state index in [1.165, 1.54) is 6.07 Å². The highest BCUT2D eigenvalue weighted by Gasteiger charge is 2.22. The summed E-state index contributed by atoms with van der Waals surface area (Å²) in [6.45, 7) is 7.82. The minimum absolute atomic E-state index is 0.106. The molecule has 4 heterocycles. The fourth-order valence-electron chi connectivity index (χ4n) is 4.50. The Morgan fingerprint density at radius 3 is 2.62 bits per heavy atom. The van der Waals surface area contributed by atoms with Crippen LogP contribution in [0.2, 0.25) is 0 Å². The molecule has 0 radical (unpaired) electrons. The van der Waals surface area contributed by atoms with E-state index in [0.29, 0.717) is 23.4 Å². The molecule has 9 nitrogen and oxygen atoms in total. The van der Waals surface area contributed by atoms with Gasteiger partial charge in [-0.15, -0.1) is 0 Å². The fourth-order valence-corrected chi connectivity index (χ4v) is 4.50. The van der Waals surface area contributed by atoms with Crippen LogP contribution in [0.5, 0.6) is 0 Å². The largest absolute Gasteiger partial charge is 0.422 e. The lowest BCUT2D eigenvalue weighted by molar-refractivity contribution is -0.383. The third kappa shape index (κ3) is 3.50. The van der Waals surface area contributed by atoms with Crippen LogP contribution in [0.25, 0.3) is 27.9 Å². The molecule has 164 valence electrons. The molecule has 1 aliphatic heterocycles. The Balaban J connectivity index is 1.57. The lowest BCUT2D eigenvalue weighted by Gasteiger charge is -2.37. The third-order valence-electron chi connectivity index (χ3n) is 5.78. The molecule has 2 atom stereocenters. The van der Waals surface area contributed by atoms with E-state index in [0.717, 1.165) is 29.7 Å². The monoisotopic (exact) mass is 433 g/mol. The topological polar surface area (TPSA) is 106 Å². The number of nitrogens with zero attached hydrogens (tertiary/aromatic N) is 4. The molecule has 3 aromatic heterocycles. The van der Waals surface area contributed by atoms with E-state index in [4.69, 9.17) is 4.42 Å². The summed E-state index contributed by atoms with van der Waals surface area (Å²) in [4.78, 5) is 30.4. The van der Waals surface area contributed by atoms with Gasteiger partial charge in [-0.3, -0.25) is 10.1 Å². The molecule has 1 aromatic carbocycles. The minimum atomic E-state index is -0.528. The van der Waals surface area contributed by atoms with Gasteiger partial charge >= 0.3 is 11.3 Å². The highest BCUT2D eigenvalue weighted by Crippen LogP contribution is 2.28. The Hall–Kier alpha value is -3.72. The van der Waals surface area contributed by atoms with Gasteiger partial charge in [0, 0.05) is 60.8 Å². The second-order valence-corrected chi connectivity index (χ2v) is 8.56. The van der Waals surface area contributed by atoms with E-state index in [9.17, 15) is 14.9 Å². The quantitative estimate of drug-likeness (QED) is 0.299. The van der Waals surface area contributed by atoms with Crippen LogP contribution in [0.1, 0.15) is 19.4 Å². The van der Waals surface area contributed by atoms with Crippen LogP contribution >= 0.6 is 0 Å². The van der Waals surface area contributed by atoms with Crippen molar-refractivity contribution in [2.75, 3.05) is 18.0 Å². The van der Waals surface area contributed by atoms with Crippen molar-refractivity contribution in [2.24, 2.45) is 0 Å². The van der Waals surface area contributed by atoms with Gasteiger partial charge in [-0.1, -0.05) is 0 Å². The van der Waals surface area contributed by atoms with Crippen molar-refractivity contribution in [2.45, 2.75) is 32.9 Å². The number of nitro groups is 1. The predicted octanol–water partition coefficient (Wildman–Crippen LogP) is 3.51. The number of fused-ring (bicyclic) bond motifs is 2. The molecule has 1 fully saturated rings. The van der Waals surface area contributed by atoms with Gasteiger partial charge in [0.1, 0.15) is 5.58 Å². The second kappa shape index (κ2) is 7.45. The SMILES string of the molecule is Cc1cc([N+](=O)[O-])c2nc(-c3cc4ccc(N5C[C@@H](C)N[C@@H](C)C5)cc4oc3=O)cn2c1. The summed E-state index contributed by atoms with van der Waals surface area (Å²) in [6.07, 6.45) is 3.36. The van der Waals surface area contributed by atoms with E-state index in [1.54, 1.807) is 29.8 Å². The van der Waals surface area contributed by atoms with Crippen molar-refractivity contribution >= 4 is 28.0 Å². The van der Waals surface area contributed by atoms with Gasteiger partial charge in [-0.25, -0.2) is 9.78 Å². The maximum Gasteiger partial charge on any atom is 0.345 e. The van der Waals surface area contributed by atoms with Crippen LogP contribution in [0.4, 0.5) is 11.4 Å². The number of hydrogen-bond acceptors (Lipinski definition) is 7. The Kier molecular flexibility index (Phi) is 4.70. The van der Waals surface area contributed by atoms with Crippen molar-refractivity contribution in [3.8, 4) is 11.3 Å². The molecule has 0 amide bonds. The van der Waals surface area contributed by atoms with E-state index in [1.807, 2.05) is 18.2 Å². The first kappa shape index (κ1) is 20.2. The number of aryl methyl sites for hydroxylation is 1. The van der Waals surface area contributed by atoms with Gasteiger partial charge in [0.05, 0.1) is 16.2 Å². The molecule has 0 spiro atoms. The highest BCUT2D eigenvalue weighted by molar-refractivity contribution is 5.84. The molecule has 0 saturated carbocycles. The van der Waals surface area contributed by atoms with Gasteiger partial charge in [-0.2, -0.15) is 0 Å². The third-order valence-corrected chi connectivity index (χ3v) is 5.78. The lowest BCUT2D eigenvalue weighted by atomic mass is 10.1. The molecular formula is C23H23N5O4. The zero-order valence-corrected chi connectivity index (χ0v) is 18.0. The van der Waals surface area contributed by atoms with Crippen LogP contribution in [-0.2, 0) is 0 Å². The molecule has 1 N–H and O–H groups in total. The van der Waals surface area contributed by atoms with Crippen molar-refractivity contribution in [1.82, 2.24) is 14.7 Å². The highest BCUT2D eigenvalue weighted by atomic mass is 16.6. The smallest absolute Gasteiger partial charge is 0.345 e. The van der Waals surface area contributed by atoms with Crippen LogP contribution in [0.3, 0.4) is 0 Å². The number of piperazine rings is 1. The minimum Gasteiger partial charge on any atom is -0.422 e. The molecule has 1 saturated heterocycles. The molecule has 32 heavy (non-hydrogen) atoms. The van der Waals surface area contributed by atoms with Crippen molar-refractivity contribution in [3.63, 3.8) is 0 Å². The zero-order valence-electron chi connectivity index (χ0n) is 18.0. The predicted molar refractivity (Wildman–Crippen MR) is 122 cm³/mol. The molecule has 0 bridgehead atoms. The fraction of sp³-hybridized carbons (Fsp3) is 0.304. The van der Waals surface area contributed by atoms with Crippen LogP contribution in [0, 0.1) is 17.0 Å². The Labute approximate surface area is 183 Å². The summed E-state index contributed by atoms with van der Waals surface area (Å²) in [6, 6.07) is 9.77. The first-order chi connectivity index (χ1) is 15.3. The summed E-state index contributed by atoms with van der Waals surface area (Å²) in [5.74, 6) is 0. The number of imidazole rings is 1. The van der Waals surface area contributed by atoms with Crippen LogP contribution in [-0.4, -0.2) is 39.5 Å². The zero-order chi connectivity index (χ0) is 22.6.